The molecule has 48 heavy (non-hydrogen) atoms. The topological polar surface area (TPSA) is 17.8 Å². The van der Waals surface area contributed by atoms with Gasteiger partial charge in [-0.05, 0) is 79.1 Å². The summed E-state index contributed by atoms with van der Waals surface area (Å²) in [6.45, 7) is 14.4. The summed E-state index contributed by atoms with van der Waals surface area (Å²) in [4.78, 5) is 5.17. The molecule has 1 aliphatic carbocycles. The molecule has 8 rings (SSSR count). The summed E-state index contributed by atoms with van der Waals surface area (Å²) in [6, 6.07) is 41.3. The van der Waals surface area contributed by atoms with E-state index in [-0.39, 0.29) is 0 Å². The molecule has 2 nitrogen and oxygen atoms in total. The molecule has 2 heteroatoms. The van der Waals surface area contributed by atoms with Gasteiger partial charge in [0.15, 0.2) is 0 Å². The molecule has 0 aliphatic heterocycles. The van der Waals surface area contributed by atoms with Crippen LogP contribution in [0.2, 0.25) is 0 Å². The molecule has 228 valence electrons. The number of fused-ring (bicyclic) bond motifs is 4. The van der Waals surface area contributed by atoms with Gasteiger partial charge in [-0.2, -0.15) is 0 Å². The Labute approximate surface area is 281 Å². The van der Waals surface area contributed by atoms with Crippen molar-refractivity contribution in [1.29, 1.82) is 0 Å². The van der Waals surface area contributed by atoms with Crippen molar-refractivity contribution in [2.75, 3.05) is 0 Å². The first kappa shape index (κ1) is 29.2. The predicted octanol–water partition coefficient (Wildman–Crippen LogP) is 12.7. The first-order valence-corrected chi connectivity index (χ1v) is 16.3. The average molecular weight is 615 g/mol. The maximum atomic E-state index is 5.17. The Balaban J connectivity index is 1.53. The van der Waals surface area contributed by atoms with Gasteiger partial charge in [0.25, 0.3) is 0 Å². The number of hydrogen-bond acceptors (Lipinski definition) is 1. The fourth-order valence-electron chi connectivity index (χ4n) is 7.58. The summed E-state index contributed by atoms with van der Waals surface area (Å²) in [5.41, 5.74) is 13.8. The molecule has 0 unspecified atom stereocenters. The molecule has 6 aromatic carbocycles. The molecule has 0 saturated heterocycles. The maximum absolute atomic E-state index is 5.17. The van der Waals surface area contributed by atoms with Crippen molar-refractivity contribution in [1.82, 2.24) is 9.55 Å². The van der Waals surface area contributed by atoms with Gasteiger partial charge in [0.2, 0.25) is 0 Å². The molecular formula is C46H34N2. The van der Waals surface area contributed by atoms with E-state index in [4.69, 9.17) is 4.98 Å². The molecule has 0 fully saturated rings. The van der Waals surface area contributed by atoms with E-state index in [0.717, 1.165) is 39.3 Å². The van der Waals surface area contributed by atoms with Gasteiger partial charge < -0.3 is 0 Å². The van der Waals surface area contributed by atoms with Crippen LogP contribution in [0.5, 0.6) is 0 Å². The number of rotatable bonds is 8. The molecule has 0 bridgehead atoms. The minimum atomic E-state index is 0.760. The summed E-state index contributed by atoms with van der Waals surface area (Å²) in [5, 5.41) is 4.85. The Kier molecular flexibility index (Phi) is 7.19. The van der Waals surface area contributed by atoms with E-state index < -0.39 is 0 Å². The normalized spacial score (nSPS) is 12.1. The summed E-state index contributed by atoms with van der Waals surface area (Å²) in [7, 11) is 0. The van der Waals surface area contributed by atoms with Gasteiger partial charge in [0.05, 0.1) is 11.4 Å². The van der Waals surface area contributed by atoms with Crippen LogP contribution in [0.15, 0.2) is 159 Å². The van der Waals surface area contributed by atoms with E-state index in [1.54, 1.807) is 6.08 Å². The Morgan fingerprint density at radius 3 is 1.96 bits per heavy atom. The lowest BCUT2D eigenvalue weighted by atomic mass is 9.82. The van der Waals surface area contributed by atoms with Crippen LogP contribution in [-0.2, 0) is 0 Å². The van der Waals surface area contributed by atoms with Crippen molar-refractivity contribution in [3.05, 3.63) is 171 Å². The molecule has 1 aromatic heterocycles. The van der Waals surface area contributed by atoms with E-state index in [1.807, 2.05) is 22.9 Å². The summed E-state index contributed by atoms with van der Waals surface area (Å²) in [6.07, 6.45) is 12.0. The highest BCUT2D eigenvalue weighted by Crippen LogP contribution is 2.57. The molecule has 0 radical (unpaired) electrons. The van der Waals surface area contributed by atoms with E-state index >= 15 is 0 Å². The predicted molar refractivity (Wildman–Crippen MR) is 207 cm³/mol. The standard InChI is InChI=1S/C46H34N2/c1-5-18-30(19-6-2)40-33-24-15-16-25-34(33)41(31-20-11-9-12-21-31)44-38-29-28-36(35-26-17-27-37(42(35)38)43(40)44)45-46(32-22-13-10-14-23-32)48(8-4)39(7-3)47-45/h5-29H,1,3-4H2,2H3/b19-6-,30-18+. The van der Waals surface area contributed by atoms with Crippen molar-refractivity contribution in [3.8, 4) is 55.9 Å². The van der Waals surface area contributed by atoms with Crippen LogP contribution in [0.25, 0.3) is 95.3 Å². The Morgan fingerprint density at radius 1 is 0.625 bits per heavy atom. The third-order valence-corrected chi connectivity index (χ3v) is 9.40. The Morgan fingerprint density at radius 2 is 1.27 bits per heavy atom. The number of nitrogens with zero attached hydrogens (tertiary/aromatic N) is 2. The number of imidazole rings is 1. The Bertz CT molecular complexity index is 2490. The summed E-state index contributed by atoms with van der Waals surface area (Å²) < 4.78 is 2.04. The minimum absolute atomic E-state index is 0.760. The zero-order chi connectivity index (χ0) is 32.8. The Hall–Kier alpha value is -6.25. The van der Waals surface area contributed by atoms with Crippen LogP contribution in [0.1, 0.15) is 18.3 Å². The first-order chi connectivity index (χ1) is 23.7. The molecule has 0 saturated carbocycles. The molecular weight excluding hydrogens is 581 g/mol. The summed E-state index contributed by atoms with van der Waals surface area (Å²) >= 11 is 0. The maximum Gasteiger partial charge on any atom is 0.137 e. The number of aromatic nitrogens is 2. The smallest absolute Gasteiger partial charge is 0.137 e. The van der Waals surface area contributed by atoms with Crippen LogP contribution >= 0.6 is 0 Å². The van der Waals surface area contributed by atoms with Crippen LogP contribution in [-0.4, -0.2) is 9.55 Å². The number of allylic oxidation sites excluding steroid dienone is 5. The fourth-order valence-corrected chi connectivity index (χ4v) is 7.58. The third-order valence-electron chi connectivity index (χ3n) is 9.40. The second-order valence-electron chi connectivity index (χ2n) is 11.9. The summed E-state index contributed by atoms with van der Waals surface area (Å²) in [5.74, 6) is 0.760. The van der Waals surface area contributed by atoms with Crippen molar-refractivity contribution in [2.24, 2.45) is 0 Å². The lowest BCUT2D eigenvalue weighted by molar-refractivity contribution is 1.12. The van der Waals surface area contributed by atoms with E-state index in [1.165, 1.54) is 55.1 Å². The average Bonchev–Trinajstić information content (AvgIpc) is 3.68. The van der Waals surface area contributed by atoms with Gasteiger partial charge in [-0.15, -0.1) is 0 Å². The number of hydrogen-bond donors (Lipinski definition) is 0. The van der Waals surface area contributed by atoms with Gasteiger partial charge in [0, 0.05) is 17.3 Å². The molecule has 0 spiro atoms. The molecule has 1 heterocycles. The molecule has 1 aliphatic rings. The van der Waals surface area contributed by atoms with Crippen LogP contribution in [0, 0.1) is 0 Å². The van der Waals surface area contributed by atoms with Gasteiger partial charge in [-0.25, -0.2) is 4.98 Å². The fraction of sp³-hybridized carbons (Fsp3) is 0.0217. The van der Waals surface area contributed by atoms with Crippen LogP contribution in [0.3, 0.4) is 0 Å². The highest BCUT2D eigenvalue weighted by molar-refractivity contribution is 6.27. The van der Waals surface area contributed by atoms with Crippen LogP contribution in [0.4, 0.5) is 0 Å². The van der Waals surface area contributed by atoms with Crippen molar-refractivity contribution >= 4 is 39.4 Å². The zero-order valence-electron chi connectivity index (χ0n) is 26.9. The van der Waals surface area contributed by atoms with E-state index in [0.29, 0.717) is 0 Å². The van der Waals surface area contributed by atoms with Gasteiger partial charge in [0.1, 0.15) is 5.82 Å². The molecule has 7 aromatic rings. The van der Waals surface area contributed by atoms with E-state index in [2.05, 4.69) is 154 Å². The quantitative estimate of drug-likeness (QED) is 0.156. The second-order valence-corrected chi connectivity index (χ2v) is 11.9. The van der Waals surface area contributed by atoms with Gasteiger partial charge in [-0.3, -0.25) is 4.57 Å². The largest absolute Gasteiger partial charge is 0.300 e. The van der Waals surface area contributed by atoms with Crippen LogP contribution < -0.4 is 0 Å². The lowest BCUT2D eigenvalue weighted by Gasteiger charge is -2.20. The SMILES string of the molecule is C=C/C=C(\C=C/C)c1c2c(c(-c3ccccc3)c3ccccc13)-c1ccc(-c3nc(C=C)n(C=C)c3-c3ccccc3)c3cccc-2c13. The molecule has 0 atom stereocenters. The van der Waals surface area contributed by atoms with E-state index in [9.17, 15) is 0 Å². The molecule has 0 amide bonds. The number of benzene rings is 6. The lowest BCUT2D eigenvalue weighted by Crippen LogP contribution is -1.95. The third kappa shape index (κ3) is 4.30. The van der Waals surface area contributed by atoms with Crippen molar-refractivity contribution in [2.45, 2.75) is 6.92 Å². The highest BCUT2D eigenvalue weighted by Gasteiger charge is 2.32. The monoisotopic (exact) mass is 614 g/mol. The second kappa shape index (κ2) is 11.8. The highest BCUT2D eigenvalue weighted by atomic mass is 15.1. The zero-order valence-corrected chi connectivity index (χ0v) is 26.9. The minimum Gasteiger partial charge on any atom is -0.300 e. The van der Waals surface area contributed by atoms with Crippen molar-refractivity contribution in [3.63, 3.8) is 0 Å². The van der Waals surface area contributed by atoms with Gasteiger partial charge in [-0.1, -0.05) is 159 Å². The van der Waals surface area contributed by atoms with Crippen molar-refractivity contribution < 1.29 is 0 Å². The molecule has 0 N–H and O–H groups in total. The first-order valence-electron chi connectivity index (χ1n) is 16.3. The van der Waals surface area contributed by atoms with Gasteiger partial charge >= 0.3 is 0 Å².